The topological polar surface area (TPSA) is 73.5 Å². The maximum atomic E-state index is 8.77. The molecule has 0 saturated carbocycles. The Morgan fingerprint density at radius 1 is 1.19 bits per heavy atom. The third-order valence-corrected chi connectivity index (χ3v) is 3.62. The van der Waals surface area contributed by atoms with Crippen molar-refractivity contribution in [1.29, 1.82) is 0 Å². The van der Waals surface area contributed by atoms with Gasteiger partial charge in [0.05, 0.1) is 6.61 Å². The van der Waals surface area contributed by atoms with Crippen molar-refractivity contribution in [2.75, 3.05) is 39.3 Å². The molecular weight excluding hydrogens is 264 g/mol. The van der Waals surface area contributed by atoms with Gasteiger partial charge in [-0.15, -0.1) is 0 Å². The molecule has 0 aromatic heterocycles. The molecule has 1 aromatic rings. The molecule has 1 heterocycles. The van der Waals surface area contributed by atoms with Gasteiger partial charge >= 0.3 is 0 Å². The van der Waals surface area contributed by atoms with Gasteiger partial charge in [-0.3, -0.25) is 5.32 Å². The minimum absolute atomic E-state index is 0.178. The van der Waals surface area contributed by atoms with E-state index in [0.717, 1.165) is 26.1 Å². The van der Waals surface area contributed by atoms with Gasteiger partial charge in [0, 0.05) is 32.4 Å². The van der Waals surface area contributed by atoms with Crippen molar-refractivity contribution in [2.45, 2.75) is 12.6 Å². The molecule has 116 valence electrons. The van der Waals surface area contributed by atoms with Crippen molar-refractivity contribution in [3.8, 4) is 0 Å². The molecule has 0 amide bonds. The number of rotatable bonds is 9. The lowest BCUT2D eigenvalue weighted by molar-refractivity contribution is 0.231. The van der Waals surface area contributed by atoms with Gasteiger partial charge in [0.15, 0.2) is 0 Å². The molecule has 5 nitrogen and oxygen atoms in total. The second-order valence-corrected chi connectivity index (χ2v) is 5.15. The van der Waals surface area contributed by atoms with E-state index < -0.39 is 0 Å². The maximum absolute atomic E-state index is 8.77. The molecule has 0 aliphatic carbocycles. The van der Waals surface area contributed by atoms with Crippen LogP contribution < -0.4 is 16.4 Å². The number of hydrogen-bond donors (Lipinski definition) is 4. The summed E-state index contributed by atoms with van der Waals surface area (Å²) < 4.78 is 0. The van der Waals surface area contributed by atoms with Crippen molar-refractivity contribution < 1.29 is 5.11 Å². The van der Waals surface area contributed by atoms with Crippen molar-refractivity contribution in [3.05, 3.63) is 41.6 Å². The third kappa shape index (κ3) is 4.54. The number of hydrogen-bond acceptors (Lipinski definition) is 5. The van der Waals surface area contributed by atoms with Crippen molar-refractivity contribution in [3.63, 3.8) is 0 Å². The molecule has 1 atom stereocenters. The lowest BCUT2D eigenvalue weighted by Crippen LogP contribution is -2.41. The van der Waals surface area contributed by atoms with Crippen molar-refractivity contribution >= 4 is 6.08 Å². The number of nitrogens with zero attached hydrogens (tertiary/aromatic N) is 1. The number of benzene rings is 1. The van der Waals surface area contributed by atoms with Crippen LogP contribution in [0.5, 0.6) is 0 Å². The molecular formula is C16H26N4O. The molecule has 1 aliphatic rings. The van der Waals surface area contributed by atoms with E-state index in [1.807, 2.05) is 0 Å². The van der Waals surface area contributed by atoms with Gasteiger partial charge in [0.2, 0.25) is 0 Å². The quantitative estimate of drug-likeness (QED) is 0.498. The normalized spacial score (nSPS) is 17.0. The molecule has 2 rings (SSSR count). The monoisotopic (exact) mass is 290 g/mol. The molecule has 0 radical (unpaired) electrons. The zero-order valence-corrected chi connectivity index (χ0v) is 12.5. The molecule has 5 heteroatoms. The number of nitrogens with one attached hydrogen (secondary N) is 2. The summed E-state index contributed by atoms with van der Waals surface area (Å²) in [5.74, 6) is 0. The molecule has 1 unspecified atom stereocenters. The van der Waals surface area contributed by atoms with Gasteiger partial charge in [0.1, 0.15) is 6.17 Å². The van der Waals surface area contributed by atoms with Crippen LogP contribution in [0.15, 0.2) is 30.5 Å². The minimum atomic E-state index is 0.178. The highest BCUT2D eigenvalue weighted by Crippen LogP contribution is 2.28. The number of nitrogens with two attached hydrogens (primary N) is 1. The van der Waals surface area contributed by atoms with Gasteiger partial charge in [-0.25, -0.2) is 0 Å². The maximum Gasteiger partial charge on any atom is 0.106 e. The largest absolute Gasteiger partial charge is 0.395 e. The Morgan fingerprint density at radius 3 is 2.86 bits per heavy atom. The van der Waals surface area contributed by atoms with Gasteiger partial charge in [0.25, 0.3) is 0 Å². The first kappa shape index (κ1) is 16.0. The van der Waals surface area contributed by atoms with E-state index in [1.54, 1.807) is 0 Å². The van der Waals surface area contributed by atoms with Crippen LogP contribution in [-0.2, 0) is 0 Å². The van der Waals surface area contributed by atoms with Crippen LogP contribution in [0.1, 0.15) is 23.7 Å². The van der Waals surface area contributed by atoms with E-state index in [4.69, 9.17) is 10.8 Å². The fourth-order valence-electron chi connectivity index (χ4n) is 2.56. The van der Waals surface area contributed by atoms with Crippen LogP contribution in [0.25, 0.3) is 6.08 Å². The predicted octanol–water partition coefficient (Wildman–Crippen LogP) is 0.492. The highest BCUT2D eigenvalue weighted by molar-refractivity contribution is 5.56. The highest BCUT2D eigenvalue weighted by atomic mass is 16.3. The Balaban J connectivity index is 1.99. The van der Waals surface area contributed by atoms with Gasteiger partial charge < -0.3 is 21.1 Å². The molecule has 1 aliphatic heterocycles. The molecule has 0 fully saturated rings. The Morgan fingerprint density at radius 2 is 2.05 bits per heavy atom. The highest BCUT2D eigenvalue weighted by Gasteiger charge is 2.21. The first-order valence-electron chi connectivity index (χ1n) is 7.64. The smallest absolute Gasteiger partial charge is 0.106 e. The van der Waals surface area contributed by atoms with Crippen LogP contribution in [0.4, 0.5) is 0 Å². The Labute approximate surface area is 126 Å². The van der Waals surface area contributed by atoms with E-state index >= 15 is 0 Å². The SMILES string of the molecule is NCCCN1C=Cc2ccccc2C1NCCNCCO. The zero-order chi connectivity index (χ0) is 14.9. The van der Waals surface area contributed by atoms with E-state index in [0.29, 0.717) is 13.1 Å². The second kappa shape index (κ2) is 8.79. The lowest BCUT2D eigenvalue weighted by Gasteiger charge is -2.35. The van der Waals surface area contributed by atoms with E-state index in [1.165, 1.54) is 11.1 Å². The van der Waals surface area contributed by atoms with Crippen molar-refractivity contribution in [2.24, 2.45) is 5.73 Å². The van der Waals surface area contributed by atoms with Gasteiger partial charge in [-0.1, -0.05) is 24.3 Å². The molecule has 1 aromatic carbocycles. The van der Waals surface area contributed by atoms with Crippen LogP contribution >= 0.6 is 0 Å². The third-order valence-electron chi connectivity index (χ3n) is 3.62. The van der Waals surface area contributed by atoms with Crippen molar-refractivity contribution in [1.82, 2.24) is 15.5 Å². The first-order valence-corrected chi connectivity index (χ1v) is 7.64. The fraction of sp³-hybridized carbons (Fsp3) is 0.500. The Hall–Kier alpha value is -1.40. The Kier molecular flexibility index (Phi) is 6.69. The molecule has 21 heavy (non-hydrogen) atoms. The average molecular weight is 290 g/mol. The molecule has 0 bridgehead atoms. The summed E-state index contributed by atoms with van der Waals surface area (Å²) in [6.45, 7) is 4.16. The van der Waals surface area contributed by atoms with Crippen LogP contribution in [0, 0.1) is 0 Å². The zero-order valence-electron chi connectivity index (χ0n) is 12.5. The lowest BCUT2D eigenvalue weighted by atomic mass is 10.0. The molecule has 0 saturated heterocycles. The van der Waals surface area contributed by atoms with E-state index in [9.17, 15) is 0 Å². The fourth-order valence-corrected chi connectivity index (χ4v) is 2.56. The molecule has 5 N–H and O–H groups in total. The number of aliphatic hydroxyl groups excluding tert-OH is 1. The van der Waals surface area contributed by atoms with Crippen LogP contribution in [0.3, 0.4) is 0 Å². The summed E-state index contributed by atoms with van der Waals surface area (Å²) in [5.41, 5.74) is 8.21. The summed E-state index contributed by atoms with van der Waals surface area (Å²) in [7, 11) is 0. The first-order chi connectivity index (χ1) is 10.4. The number of fused-ring (bicyclic) bond motifs is 1. The van der Waals surface area contributed by atoms with E-state index in [2.05, 4.69) is 52.1 Å². The summed E-state index contributed by atoms with van der Waals surface area (Å²) >= 11 is 0. The van der Waals surface area contributed by atoms with Gasteiger partial charge in [-0.2, -0.15) is 0 Å². The Bertz CT molecular complexity index is 450. The summed E-state index contributed by atoms with van der Waals surface area (Å²) in [4.78, 5) is 2.31. The minimum Gasteiger partial charge on any atom is -0.395 e. The summed E-state index contributed by atoms with van der Waals surface area (Å²) in [6, 6.07) is 8.47. The predicted molar refractivity (Wildman–Crippen MR) is 86.6 cm³/mol. The standard InChI is InChI=1S/C16H26N4O/c17-7-3-11-20-12-6-14-4-1-2-5-15(14)16(20)19-9-8-18-10-13-21/h1-2,4-6,12,16,18-19,21H,3,7-11,13,17H2. The average Bonchev–Trinajstić information content (AvgIpc) is 2.53. The van der Waals surface area contributed by atoms with E-state index in [-0.39, 0.29) is 12.8 Å². The summed E-state index contributed by atoms with van der Waals surface area (Å²) in [6.07, 6.45) is 5.48. The van der Waals surface area contributed by atoms with Gasteiger partial charge in [-0.05, 0) is 30.2 Å². The number of aliphatic hydroxyl groups is 1. The molecule has 0 spiro atoms. The summed E-state index contributed by atoms with van der Waals surface area (Å²) in [5, 5.41) is 15.5. The van der Waals surface area contributed by atoms with Crippen LogP contribution in [0.2, 0.25) is 0 Å². The second-order valence-electron chi connectivity index (χ2n) is 5.15. The van der Waals surface area contributed by atoms with Crippen LogP contribution in [-0.4, -0.2) is 49.3 Å².